The van der Waals surface area contributed by atoms with Crippen LogP contribution < -0.4 is 20.1 Å². The number of halogens is 2. The summed E-state index contributed by atoms with van der Waals surface area (Å²) >= 11 is 3.42. The van der Waals surface area contributed by atoms with Crippen molar-refractivity contribution in [2.75, 3.05) is 25.1 Å². The molecule has 32 heavy (non-hydrogen) atoms. The molecule has 0 radical (unpaired) electrons. The summed E-state index contributed by atoms with van der Waals surface area (Å²) < 4.78 is 25.5. The molecule has 1 aliphatic rings. The SMILES string of the molecule is CCOc1cc(OCC)c(/C=C2/NC(=O)N(CC(=O)Nc3ccccc3F)C2=O)cc1Br. The zero-order chi connectivity index (χ0) is 23.3. The van der Waals surface area contributed by atoms with Crippen LogP contribution in [0.3, 0.4) is 0 Å². The van der Waals surface area contributed by atoms with E-state index in [9.17, 15) is 18.8 Å². The Hall–Kier alpha value is -3.40. The number of benzene rings is 2. The average molecular weight is 506 g/mol. The van der Waals surface area contributed by atoms with Crippen LogP contribution in [0.25, 0.3) is 6.08 Å². The van der Waals surface area contributed by atoms with Crippen LogP contribution in [0.1, 0.15) is 19.4 Å². The third kappa shape index (κ3) is 5.25. The highest BCUT2D eigenvalue weighted by molar-refractivity contribution is 9.10. The van der Waals surface area contributed by atoms with E-state index in [0.29, 0.717) is 34.7 Å². The van der Waals surface area contributed by atoms with Crippen LogP contribution in [0, 0.1) is 5.82 Å². The number of carbonyl (C=O) groups excluding carboxylic acids is 3. The lowest BCUT2D eigenvalue weighted by atomic mass is 10.1. The summed E-state index contributed by atoms with van der Waals surface area (Å²) in [6.07, 6.45) is 1.46. The molecule has 1 fully saturated rings. The lowest BCUT2D eigenvalue weighted by Crippen LogP contribution is -2.38. The molecule has 0 bridgehead atoms. The van der Waals surface area contributed by atoms with E-state index in [1.807, 2.05) is 13.8 Å². The van der Waals surface area contributed by atoms with Crippen LogP contribution in [0.2, 0.25) is 0 Å². The summed E-state index contributed by atoms with van der Waals surface area (Å²) in [5.74, 6) is -0.983. The summed E-state index contributed by atoms with van der Waals surface area (Å²) in [6, 6.07) is 8.24. The van der Waals surface area contributed by atoms with Crippen molar-refractivity contribution in [2.24, 2.45) is 0 Å². The number of nitrogens with one attached hydrogen (secondary N) is 2. The lowest BCUT2D eigenvalue weighted by molar-refractivity contribution is -0.127. The molecule has 10 heteroatoms. The van der Waals surface area contributed by atoms with E-state index in [1.54, 1.807) is 18.2 Å². The number of imide groups is 1. The number of para-hydroxylation sites is 1. The monoisotopic (exact) mass is 505 g/mol. The molecule has 3 rings (SSSR count). The minimum absolute atomic E-state index is 0.0225. The molecular formula is C22H21BrFN3O5. The molecule has 0 unspecified atom stereocenters. The van der Waals surface area contributed by atoms with Gasteiger partial charge in [-0.3, -0.25) is 9.59 Å². The van der Waals surface area contributed by atoms with Crippen LogP contribution in [-0.2, 0) is 9.59 Å². The van der Waals surface area contributed by atoms with E-state index < -0.39 is 30.2 Å². The fraction of sp³-hybridized carbons (Fsp3) is 0.227. The highest BCUT2D eigenvalue weighted by Crippen LogP contribution is 2.34. The summed E-state index contributed by atoms with van der Waals surface area (Å²) in [5.41, 5.74) is 0.468. The van der Waals surface area contributed by atoms with Crippen LogP contribution >= 0.6 is 15.9 Å². The molecule has 1 aliphatic heterocycles. The lowest BCUT2D eigenvalue weighted by Gasteiger charge is -2.13. The third-order valence-electron chi connectivity index (χ3n) is 4.38. The number of hydrogen-bond donors (Lipinski definition) is 2. The number of urea groups is 1. The predicted octanol–water partition coefficient (Wildman–Crippen LogP) is 3.92. The van der Waals surface area contributed by atoms with Gasteiger partial charge in [0.05, 0.1) is 23.4 Å². The molecule has 2 aromatic rings. The van der Waals surface area contributed by atoms with Crippen molar-refractivity contribution >= 4 is 45.5 Å². The Balaban J connectivity index is 1.80. The number of hydrogen-bond acceptors (Lipinski definition) is 5. The van der Waals surface area contributed by atoms with E-state index in [-0.39, 0.29) is 11.4 Å². The Morgan fingerprint density at radius 3 is 2.53 bits per heavy atom. The van der Waals surface area contributed by atoms with Gasteiger partial charge in [-0.1, -0.05) is 12.1 Å². The zero-order valence-corrected chi connectivity index (χ0v) is 19.0. The second-order valence-corrected chi connectivity index (χ2v) is 7.45. The van der Waals surface area contributed by atoms with Gasteiger partial charge in [-0.25, -0.2) is 14.1 Å². The number of nitrogens with zero attached hydrogens (tertiary/aromatic N) is 1. The molecule has 0 aromatic heterocycles. The molecule has 0 saturated carbocycles. The van der Waals surface area contributed by atoms with Gasteiger partial charge < -0.3 is 20.1 Å². The Labute approximate surface area is 192 Å². The van der Waals surface area contributed by atoms with Crippen molar-refractivity contribution in [3.63, 3.8) is 0 Å². The van der Waals surface area contributed by atoms with Crippen LogP contribution in [0.4, 0.5) is 14.9 Å². The van der Waals surface area contributed by atoms with Gasteiger partial charge in [-0.2, -0.15) is 0 Å². The molecular weight excluding hydrogens is 485 g/mol. The Kier molecular flexibility index (Phi) is 7.47. The van der Waals surface area contributed by atoms with Gasteiger partial charge in [0, 0.05) is 11.6 Å². The van der Waals surface area contributed by atoms with Gasteiger partial charge in [0.1, 0.15) is 29.6 Å². The van der Waals surface area contributed by atoms with Crippen LogP contribution in [-0.4, -0.2) is 42.5 Å². The standard InChI is InChI=1S/C22H21BrFN3O5/c1-3-31-18-11-19(32-4-2)14(23)9-13(18)10-17-21(29)27(22(30)26-17)12-20(28)25-16-8-6-5-7-15(16)24/h5-11H,3-4,12H2,1-2H3,(H,25,28)(H,26,30)/b17-10+. The van der Waals surface area contributed by atoms with E-state index in [2.05, 4.69) is 26.6 Å². The molecule has 0 spiro atoms. The number of ether oxygens (including phenoxy) is 2. The first-order valence-electron chi connectivity index (χ1n) is 9.82. The van der Waals surface area contributed by atoms with Gasteiger partial charge in [0.15, 0.2) is 0 Å². The van der Waals surface area contributed by atoms with Crippen molar-refractivity contribution in [1.29, 1.82) is 0 Å². The molecule has 0 aliphatic carbocycles. The molecule has 168 valence electrons. The van der Waals surface area contributed by atoms with Crippen molar-refractivity contribution in [1.82, 2.24) is 10.2 Å². The van der Waals surface area contributed by atoms with E-state index in [4.69, 9.17) is 9.47 Å². The minimum Gasteiger partial charge on any atom is -0.493 e. The maximum absolute atomic E-state index is 13.7. The van der Waals surface area contributed by atoms with Crippen molar-refractivity contribution in [3.05, 3.63) is 57.9 Å². The second-order valence-electron chi connectivity index (χ2n) is 6.59. The smallest absolute Gasteiger partial charge is 0.329 e. The summed E-state index contributed by atoms with van der Waals surface area (Å²) in [6.45, 7) is 3.95. The van der Waals surface area contributed by atoms with Gasteiger partial charge in [0.25, 0.3) is 5.91 Å². The van der Waals surface area contributed by atoms with Gasteiger partial charge in [-0.05, 0) is 54.1 Å². The molecule has 2 aromatic carbocycles. The summed E-state index contributed by atoms with van der Waals surface area (Å²) in [7, 11) is 0. The predicted molar refractivity (Wildman–Crippen MR) is 120 cm³/mol. The first-order chi connectivity index (χ1) is 15.3. The van der Waals surface area contributed by atoms with E-state index >= 15 is 0 Å². The summed E-state index contributed by atoms with van der Waals surface area (Å²) in [4.78, 5) is 38.0. The van der Waals surface area contributed by atoms with Crippen LogP contribution in [0.15, 0.2) is 46.6 Å². The zero-order valence-electron chi connectivity index (χ0n) is 17.4. The molecule has 2 N–H and O–H groups in total. The molecule has 1 heterocycles. The summed E-state index contributed by atoms with van der Waals surface area (Å²) in [5, 5.41) is 4.80. The highest BCUT2D eigenvalue weighted by atomic mass is 79.9. The number of rotatable bonds is 8. The topological polar surface area (TPSA) is 97.0 Å². The molecule has 0 atom stereocenters. The highest BCUT2D eigenvalue weighted by Gasteiger charge is 2.35. The Morgan fingerprint density at radius 2 is 1.84 bits per heavy atom. The van der Waals surface area contributed by atoms with Crippen molar-refractivity contribution in [3.8, 4) is 11.5 Å². The Morgan fingerprint density at radius 1 is 1.16 bits per heavy atom. The van der Waals surface area contributed by atoms with Crippen LogP contribution in [0.5, 0.6) is 11.5 Å². The average Bonchev–Trinajstić information content (AvgIpc) is 3.00. The minimum atomic E-state index is -0.757. The van der Waals surface area contributed by atoms with Gasteiger partial charge in [0.2, 0.25) is 5.91 Å². The third-order valence-corrected chi connectivity index (χ3v) is 5.00. The maximum Gasteiger partial charge on any atom is 0.329 e. The van der Waals surface area contributed by atoms with E-state index in [0.717, 1.165) is 4.90 Å². The fourth-order valence-corrected chi connectivity index (χ4v) is 3.45. The molecule has 8 nitrogen and oxygen atoms in total. The second kappa shape index (κ2) is 10.3. The van der Waals surface area contributed by atoms with Gasteiger partial charge >= 0.3 is 6.03 Å². The largest absolute Gasteiger partial charge is 0.493 e. The quantitative estimate of drug-likeness (QED) is 0.418. The number of anilines is 1. The van der Waals surface area contributed by atoms with E-state index in [1.165, 1.54) is 24.3 Å². The molecule has 1 saturated heterocycles. The normalized spacial score (nSPS) is 14.5. The van der Waals surface area contributed by atoms with Crippen molar-refractivity contribution < 1.29 is 28.2 Å². The Bertz CT molecular complexity index is 1090. The maximum atomic E-state index is 13.7. The fourth-order valence-electron chi connectivity index (χ4n) is 2.98. The van der Waals surface area contributed by atoms with Gasteiger partial charge in [-0.15, -0.1) is 0 Å². The first kappa shape index (κ1) is 23.3. The van der Waals surface area contributed by atoms with Crippen molar-refractivity contribution in [2.45, 2.75) is 13.8 Å². The number of amides is 4. The molecule has 4 amide bonds. The number of carbonyl (C=O) groups is 3. The first-order valence-corrected chi connectivity index (χ1v) is 10.6.